The Kier molecular flexibility index (Phi) is 5.33. The van der Waals surface area contributed by atoms with E-state index in [-0.39, 0.29) is 5.97 Å². The van der Waals surface area contributed by atoms with Gasteiger partial charge in [0, 0.05) is 5.88 Å². The van der Waals surface area contributed by atoms with Crippen LogP contribution in [0, 0.1) is 0 Å². The Balaban J connectivity index is 2.92. The summed E-state index contributed by atoms with van der Waals surface area (Å²) in [5, 5.41) is 0. The van der Waals surface area contributed by atoms with Gasteiger partial charge in [0.25, 0.3) is 0 Å². The van der Waals surface area contributed by atoms with Crippen LogP contribution in [0.3, 0.4) is 0 Å². The number of carbonyl (C=O) groups is 1. The third kappa shape index (κ3) is 3.24. The minimum absolute atomic E-state index is 0.312. The Morgan fingerprint density at radius 2 is 2.12 bits per heavy atom. The molecule has 1 aromatic rings. The summed E-state index contributed by atoms with van der Waals surface area (Å²) in [7, 11) is 1.38. The molecule has 1 rings (SSSR count). The highest BCUT2D eigenvalue weighted by molar-refractivity contribution is 6.17. The molecule has 0 unspecified atom stereocenters. The van der Waals surface area contributed by atoms with Crippen molar-refractivity contribution in [2.45, 2.75) is 32.1 Å². The van der Waals surface area contributed by atoms with Crippen LogP contribution < -0.4 is 0 Å². The third-order valence-corrected chi connectivity index (χ3v) is 2.86. The van der Waals surface area contributed by atoms with Crippen molar-refractivity contribution in [3.05, 3.63) is 34.9 Å². The van der Waals surface area contributed by atoms with Gasteiger partial charge in [0.05, 0.1) is 12.7 Å². The zero-order valence-corrected chi connectivity index (χ0v) is 10.5. The van der Waals surface area contributed by atoms with Crippen LogP contribution in [0.1, 0.15) is 41.3 Å². The van der Waals surface area contributed by atoms with E-state index in [2.05, 4.69) is 11.7 Å². The van der Waals surface area contributed by atoms with Gasteiger partial charge in [-0.3, -0.25) is 0 Å². The van der Waals surface area contributed by atoms with E-state index in [0.29, 0.717) is 11.4 Å². The molecular formula is C13H17ClO2. The Morgan fingerprint density at radius 1 is 1.38 bits per heavy atom. The van der Waals surface area contributed by atoms with E-state index in [1.54, 1.807) is 6.07 Å². The van der Waals surface area contributed by atoms with Gasteiger partial charge in [-0.2, -0.15) is 0 Å². The van der Waals surface area contributed by atoms with Gasteiger partial charge in [0.15, 0.2) is 0 Å². The molecule has 0 aliphatic heterocycles. The lowest BCUT2D eigenvalue weighted by Crippen LogP contribution is -2.03. The minimum Gasteiger partial charge on any atom is -0.465 e. The SMILES string of the molecule is CCCCc1ccc(C(=O)OC)cc1CCl. The number of rotatable bonds is 5. The first-order valence-corrected chi connectivity index (χ1v) is 6.02. The van der Waals surface area contributed by atoms with Gasteiger partial charge in [0.2, 0.25) is 0 Å². The number of hydrogen-bond donors (Lipinski definition) is 0. The largest absolute Gasteiger partial charge is 0.465 e. The molecule has 0 aliphatic carbocycles. The summed E-state index contributed by atoms with van der Waals surface area (Å²) in [6, 6.07) is 5.59. The molecule has 0 aromatic heterocycles. The molecule has 0 amide bonds. The molecule has 0 spiro atoms. The van der Waals surface area contributed by atoms with Crippen LogP contribution in [0.25, 0.3) is 0 Å². The Hall–Kier alpha value is -1.02. The molecular weight excluding hydrogens is 224 g/mol. The topological polar surface area (TPSA) is 26.3 Å². The molecule has 3 heteroatoms. The van der Waals surface area contributed by atoms with Crippen molar-refractivity contribution in [1.82, 2.24) is 0 Å². The monoisotopic (exact) mass is 240 g/mol. The fourth-order valence-corrected chi connectivity index (χ4v) is 1.86. The van der Waals surface area contributed by atoms with Crippen LogP contribution >= 0.6 is 11.6 Å². The molecule has 1 aromatic carbocycles. The number of esters is 1. The van der Waals surface area contributed by atoms with Gasteiger partial charge < -0.3 is 4.74 Å². The average Bonchev–Trinajstić information content (AvgIpc) is 2.35. The number of benzene rings is 1. The number of methoxy groups -OCH3 is 1. The predicted molar refractivity (Wildman–Crippen MR) is 66.0 cm³/mol. The second kappa shape index (κ2) is 6.54. The standard InChI is InChI=1S/C13H17ClO2/c1-3-4-5-10-6-7-11(13(15)16-2)8-12(10)9-14/h6-8H,3-5,9H2,1-2H3. The van der Waals surface area contributed by atoms with E-state index in [9.17, 15) is 4.79 Å². The molecule has 88 valence electrons. The van der Waals surface area contributed by atoms with E-state index in [1.165, 1.54) is 12.7 Å². The fraction of sp³-hybridized carbons (Fsp3) is 0.462. The van der Waals surface area contributed by atoms with E-state index in [0.717, 1.165) is 24.8 Å². The maximum absolute atomic E-state index is 11.3. The van der Waals surface area contributed by atoms with Gasteiger partial charge >= 0.3 is 5.97 Å². The summed E-state index contributed by atoms with van der Waals surface area (Å²) < 4.78 is 4.67. The smallest absolute Gasteiger partial charge is 0.337 e. The quantitative estimate of drug-likeness (QED) is 0.581. The normalized spacial score (nSPS) is 10.2. The molecule has 0 saturated carbocycles. The fourth-order valence-electron chi connectivity index (χ4n) is 1.61. The summed E-state index contributed by atoms with van der Waals surface area (Å²) in [5.41, 5.74) is 2.82. The van der Waals surface area contributed by atoms with Crippen LogP contribution in [0.2, 0.25) is 0 Å². The highest BCUT2D eigenvalue weighted by Crippen LogP contribution is 2.17. The summed E-state index contributed by atoms with van der Waals surface area (Å²) in [6.07, 6.45) is 3.31. The predicted octanol–water partition coefficient (Wildman–Crippen LogP) is 3.55. The number of carbonyl (C=O) groups excluding carboxylic acids is 1. The van der Waals surface area contributed by atoms with Crippen molar-refractivity contribution in [2.24, 2.45) is 0 Å². The minimum atomic E-state index is -0.312. The van der Waals surface area contributed by atoms with E-state index in [4.69, 9.17) is 11.6 Å². The second-order valence-electron chi connectivity index (χ2n) is 3.71. The number of alkyl halides is 1. The van der Waals surface area contributed by atoms with Gasteiger partial charge in [0.1, 0.15) is 0 Å². The van der Waals surface area contributed by atoms with Gasteiger partial charge in [-0.05, 0) is 36.1 Å². The molecule has 0 heterocycles. The number of ether oxygens (including phenoxy) is 1. The molecule has 0 aliphatic rings. The zero-order chi connectivity index (χ0) is 12.0. The van der Waals surface area contributed by atoms with E-state index < -0.39 is 0 Å². The van der Waals surface area contributed by atoms with Crippen LogP contribution in [0.5, 0.6) is 0 Å². The van der Waals surface area contributed by atoms with Crippen LogP contribution in [-0.4, -0.2) is 13.1 Å². The average molecular weight is 241 g/mol. The van der Waals surface area contributed by atoms with Crippen molar-refractivity contribution in [2.75, 3.05) is 7.11 Å². The molecule has 0 saturated heterocycles. The van der Waals surface area contributed by atoms with Crippen molar-refractivity contribution in [3.63, 3.8) is 0 Å². The zero-order valence-electron chi connectivity index (χ0n) is 9.75. The molecule has 0 bridgehead atoms. The highest BCUT2D eigenvalue weighted by atomic mass is 35.5. The third-order valence-electron chi connectivity index (χ3n) is 2.57. The maximum atomic E-state index is 11.3. The number of unbranched alkanes of at least 4 members (excludes halogenated alkanes) is 1. The maximum Gasteiger partial charge on any atom is 0.337 e. The Labute approximate surface area is 102 Å². The number of hydrogen-bond acceptors (Lipinski definition) is 2. The van der Waals surface area contributed by atoms with Crippen LogP contribution in [0.4, 0.5) is 0 Å². The highest BCUT2D eigenvalue weighted by Gasteiger charge is 2.08. The summed E-state index contributed by atoms with van der Waals surface area (Å²) in [4.78, 5) is 11.3. The Morgan fingerprint density at radius 3 is 2.69 bits per heavy atom. The van der Waals surface area contributed by atoms with Gasteiger partial charge in [-0.15, -0.1) is 11.6 Å². The lowest BCUT2D eigenvalue weighted by atomic mass is 10.0. The van der Waals surface area contributed by atoms with Crippen molar-refractivity contribution >= 4 is 17.6 Å². The first kappa shape index (κ1) is 13.0. The number of aryl methyl sites for hydroxylation is 1. The molecule has 0 atom stereocenters. The van der Waals surface area contributed by atoms with Gasteiger partial charge in [-0.25, -0.2) is 4.79 Å². The first-order valence-electron chi connectivity index (χ1n) is 5.49. The van der Waals surface area contributed by atoms with Crippen molar-refractivity contribution in [1.29, 1.82) is 0 Å². The van der Waals surface area contributed by atoms with E-state index >= 15 is 0 Å². The van der Waals surface area contributed by atoms with E-state index in [1.807, 2.05) is 12.1 Å². The number of halogens is 1. The van der Waals surface area contributed by atoms with Gasteiger partial charge in [-0.1, -0.05) is 19.4 Å². The summed E-state index contributed by atoms with van der Waals surface area (Å²) in [6.45, 7) is 2.16. The lowest BCUT2D eigenvalue weighted by Gasteiger charge is -2.08. The molecule has 2 nitrogen and oxygen atoms in total. The summed E-state index contributed by atoms with van der Waals surface area (Å²) in [5.74, 6) is 0.123. The molecule has 0 N–H and O–H groups in total. The summed E-state index contributed by atoms with van der Waals surface area (Å²) >= 11 is 5.88. The molecule has 16 heavy (non-hydrogen) atoms. The lowest BCUT2D eigenvalue weighted by molar-refractivity contribution is 0.0600. The molecule has 0 radical (unpaired) electrons. The van der Waals surface area contributed by atoms with Crippen molar-refractivity contribution in [3.8, 4) is 0 Å². The first-order chi connectivity index (χ1) is 7.72. The van der Waals surface area contributed by atoms with Crippen molar-refractivity contribution < 1.29 is 9.53 Å². The van der Waals surface area contributed by atoms with Crippen LogP contribution in [-0.2, 0) is 17.0 Å². The second-order valence-corrected chi connectivity index (χ2v) is 3.98. The Bertz CT molecular complexity index is 361. The molecule has 0 fully saturated rings. The van der Waals surface area contributed by atoms with Crippen LogP contribution in [0.15, 0.2) is 18.2 Å².